The van der Waals surface area contributed by atoms with Gasteiger partial charge in [0.2, 0.25) is 5.95 Å². The highest BCUT2D eigenvalue weighted by molar-refractivity contribution is 7.98. The first-order chi connectivity index (χ1) is 14.6. The summed E-state index contributed by atoms with van der Waals surface area (Å²) in [6.07, 6.45) is 6.18. The molecular formula is C22H30N6OS. The molecule has 0 saturated carbocycles. The van der Waals surface area contributed by atoms with Gasteiger partial charge in [-0.1, -0.05) is 32.0 Å². The van der Waals surface area contributed by atoms with E-state index >= 15 is 0 Å². The molecule has 2 atom stereocenters. The summed E-state index contributed by atoms with van der Waals surface area (Å²) >= 11 is 1.75. The van der Waals surface area contributed by atoms with Crippen molar-refractivity contribution in [2.45, 2.75) is 56.6 Å². The molecule has 0 amide bonds. The monoisotopic (exact) mass is 426 g/mol. The summed E-state index contributed by atoms with van der Waals surface area (Å²) in [5, 5.41) is 11.5. The van der Waals surface area contributed by atoms with Crippen LogP contribution in [0.15, 0.2) is 35.4 Å². The van der Waals surface area contributed by atoms with Crippen LogP contribution in [-0.4, -0.2) is 45.0 Å². The summed E-state index contributed by atoms with van der Waals surface area (Å²) in [5.74, 6) is 0.957. The Balaban J connectivity index is 1.69. The van der Waals surface area contributed by atoms with Gasteiger partial charge in [-0.3, -0.25) is 0 Å². The van der Waals surface area contributed by atoms with Gasteiger partial charge in [-0.2, -0.15) is 19.6 Å². The average molecular weight is 427 g/mol. The Morgan fingerprint density at radius 3 is 2.77 bits per heavy atom. The number of aromatic nitrogens is 4. The van der Waals surface area contributed by atoms with Crippen molar-refractivity contribution in [2.75, 3.05) is 24.7 Å². The quantitative estimate of drug-likeness (QED) is 0.546. The number of piperidine rings is 1. The van der Waals surface area contributed by atoms with Gasteiger partial charge in [-0.05, 0) is 50.1 Å². The van der Waals surface area contributed by atoms with Gasteiger partial charge in [0, 0.05) is 17.0 Å². The maximum Gasteiger partial charge on any atom is 0.322 e. The smallest absolute Gasteiger partial charge is 0.322 e. The van der Waals surface area contributed by atoms with Crippen molar-refractivity contribution in [1.82, 2.24) is 24.9 Å². The van der Waals surface area contributed by atoms with Gasteiger partial charge in [0.25, 0.3) is 0 Å². The minimum Gasteiger partial charge on any atom is -0.459 e. The van der Waals surface area contributed by atoms with Gasteiger partial charge in [-0.15, -0.1) is 11.8 Å². The van der Waals surface area contributed by atoms with Crippen molar-refractivity contribution < 1.29 is 4.74 Å². The lowest BCUT2D eigenvalue weighted by atomic mass is 10.1. The molecule has 8 heteroatoms. The lowest BCUT2D eigenvalue weighted by molar-refractivity contribution is 0.153. The average Bonchev–Trinajstić information content (AvgIpc) is 3.19. The molecule has 30 heavy (non-hydrogen) atoms. The van der Waals surface area contributed by atoms with Crippen LogP contribution in [0.1, 0.15) is 56.7 Å². The van der Waals surface area contributed by atoms with Crippen LogP contribution in [0.2, 0.25) is 0 Å². The van der Waals surface area contributed by atoms with Gasteiger partial charge in [0.1, 0.15) is 6.10 Å². The van der Waals surface area contributed by atoms with E-state index in [0.29, 0.717) is 17.9 Å². The maximum absolute atomic E-state index is 6.17. The second-order valence-electron chi connectivity index (χ2n) is 8.01. The predicted molar refractivity (Wildman–Crippen MR) is 122 cm³/mol. The van der Waals surface area contributed by atoms with E-state index in [9.17, 15) is 0 Å². The molecule has 1 saturated heterocycles. The van der Waals surface area contributed by atoms with Gasteiger partial charge < -0.3 is 15.4 Å². The summed E-state index contributed by atoms with van der Waals surface area (Å²) < 4.78 is 7.96. The number of nitrogens with one attached hydrogen (secondary N) is 2. The van der Waals surface area contributed by atoms with Crippen LogP contribution in [0.4, 0.5) is 5.95 Å². The van der Waals surface area contributed by atoms with E-state index in [2.05, 4.69) is 67.0 Å². The Bertz CT molecular complexity index is 998. The van der Waals surface area contributed by atoms with Crippen LogP contribution in [0.5, 0.6) is 6.01 Å². The third kappa shape index (κ3) is 4.39. The molecule has 1 aliphatic rings. The molecule has 2 unspecified atom stereocenters. The van der Waals surface area contributed by atoms with Crippen molar-refractivity contribution in [2.24, 2.45) is 0 Å². The number of hydrogen-bond acceptors (Lipinski definition) is 7. The Labute approximate surface area is 182 Å². The van der Waals surface area contributed by atoms with Crippen LogP contribution < -0.4 is 15.4 Å². The number of hydrogen-bond donors (Lipinski definition) is 2. The number of thioether (sulfide) groups is 1. The first kappa shape index (κ1) is 20.9. The fourth-order valence-corrected chi connectivity index (χ4v) is 4.49. The minimum absolute atomic E-state index is 0.0580. The Morgan fingerprint density at radius 1 is 1.20 bits per heavy atom. The molecule has 3 heterocycles. The zero-order valence-corrected chi connectivity index (χ0v) is 18.9. The zero-order chi connectivity index (χ0) is 21.1. The van der Waals surface area contributed by atoms with E-state index in [0.717, 1.165) is 37.1 Å². The summed E-state index contributed by atoms with van der Waals surface area (Å²) in [6.45, 7) is 8.30. The molecular weight excluding hydrogens is 396 g/mol. The molecule has 3 aromatic rings. The van der Waals surface area contributed by atoms with Crippen molar-refractivity contribution in [1.29, 1.82) is 0 Å². The lowest BCUT2D eigenvalue weighted by Crippen LogP contribution is -2.37. The van der Waals surface area contributed by atoms with Gasteiger partial charge in [0.05, 0.1) is 12.2 Å². The third-order valence-corrected chi connectivity index (χ3v) is 6.28. The Hall–Kier alpha value is -2.32. The number of anilines is 1. The topological polar surface area (TPSA) is 76.4 Å². The van der Waals surface area contributed by atoms with Gasteiger partial charge in [-0.25, -0.2) is 0 Å². The number of ether oxygens (including phenoxy) is 1. The van der Waals surface area contributed by atoms with Crippen molar-refractivity contribution in [3.05, 3.63) is 41.6 Å². The molecule has 0 spiro atoms. The molecule has 1 aliphatic heterocycles. The highest BCUT2D eigenvalue weighted by Gasteiger charge is 2.21. The van der Waals surface area contributed by atoms with E-state index in [1.807, 2.05) is 6.20 Å². The Kier molecular flexibility index (Phi) is 6.43. The van der Waals surface area contributed by atoms with Crippen LogP contribution in [0.25, 0.3) is 5.65 Å². The molecule has 4 rings (SSSR count). The second kappa shape index (κ2) is 9.22. The maximum atomic E-state index is 6.17. The molecule has 7 nitrogen and oxygen atoms in total. The van der Waals surface area contributed by atoms with Crippen LogP contribution in [-0.2, 0) is 0 Å². The van der Waals surface area contributed by atoms with E-state index < -0.39 is 0 Å². The second-order valence-corrected chi connectivity index (χ2v) is 8.86. The van der Waals surface area contributed by atoms with Crippen LogP contribution in [0, 0.1) is 0 Å². The van der Waals surface area contributed by atoms with E-state index in [1.54, 1.807) is 16.3 Å². The molecule has 0 radical (unpaired) electrons. The molecule has 2 N–H and O–H groups in total. The zero-order valence-electron chi connectivity index (χ0n) is 18.1. The molecule has 1 fully saturated rings. The van der Waals surface area contributed by atoms with E-state index in [1.165, 1.54) is 10.5 Å². The summed E-state index contributed by atoms with van der Waals surface area (Å²) in [6, 6.07) is 8.89. The van der Waals surface area contributed by atoms with Crippen molar-refractivity contribution in [3.63, 3.8) is 0 Å². The first-order valence-corrected chi connectivity index (χ1v) is 11.8. The first-order valence-electron chi connectivity index (χ1n) is 10.6. The summed E-state index contributed by atoms with van der Waals surface area (Å²) in [7, 11) is 0. The lowest BCUT2D eigenvalue weighted by Gasteiger charge is -2.23. The van der Waals surface area contributed by atoms with E-state index in [-0.39, 0.29) is 12.1 Å². The predicted octanol–water partition coefficient (Wildman–Crippen LogP) is 4.27. The van der Waals surface area contributed by atoms with Crippen molar-refractivity contribution >= 4 is 23.4 Å². The number of fused-ring (bicyclic) bond motifs is 1. The van der Waals surface area contributed by atoms with Gasteiger partial charge >= 0.3 is 6.01 Å². The fraction of sp³-hybridized carbons (Fsp3) is 0.500. The minimum atomic E-state index is 0.0580. The number of rotatable bonds is 7. The van der Waals surface area contributed by atoms with Crippen LogP contribution >= 0.6 is 11.8 Å². The normalized spacial score (nSPS) is 18.0. The molecule has 2 aromatic heterocycles. The van der Waals surface area contributed by atoms with Crippen molar-refractivity contribution in [3.8, 4) is 6.01 Å². The Morgan fingerprint density at radius 2 is 2.03 bits per heavy atom. The molecule has 0 aliphatic carbocycles. The largest absolute Gasteiger partial charge is 0.459 e. The van der Waals surface area contributed by atoms with Gasteiger partial charge in [0.15, 0.2) is 5.65 Å². The summed E-state index contributed by atoms with van der Waals surface area (Å²) in [4.78, 5) is 10.7. The number of nitrogens with zero attached hydrogens (tertiary/aromatic N) is 4. The molecule has 1 aromatic carbocycles. The standard InChI is InChI=1S/C22H30N6OS/c1-14(2)18-13-24-28-20(18)26-22(29-16-8-7-11-23-12-16)27-21(28)25-15(3)17-9-5-6-10-19(17)30-4/h5-6,9-10,13-16,23H,7-8,11-12H2,1-4H3,(H,25,26,27). The highest BCUT2D eigenvalue weighted by Crippen LogP contribution is 2.29. The molecule has 0 bridgehead atoms. The summed E-state index contributed by atoms with van der Waals surface area (Å²) in [5.41, 5.74) is 3.11. The SMILES string of the molecule is CSc1ccccc1C(C)Nc1nc(OC2CCCNC2)nc2c(C(C)C)cnn12. The molecule has 160 valence electrons. The van der Waals surface area contributed by atoms with Crippen LogP contribution in [0.3, 0.4) is 0 Å². The highest BCUT2D eigenvalue weighted by atomic mass is 32.2. The third-order valence-electron chi connectivity index (χ3n) is 5.47. The fourth-order valence-electron chi connectivity index (χ4n) is 3.79. The van der Waals surface area contributed by atoms with E-state index in [4.69, 9.17) is 14.7 Å². The number of benzene rings is 1.